The lowest BCUT2D eigenvalue weighted by atomic mass is 10.1. The van der Waals surface area contributed by atoms with Crippen LogP contribution in [-0.4, -0.2) is 15.0 Å². The summed E-state index contributed by atoms with van der Waals surface area (Å²) in [5, 5.41) is 2.03. The minimum Gasteiger partial charge on any atom is -0.305 e. The van der Waals surface area contributed by atoms with Crippen LogP contribution in [0.25, 0.3) is 22.2 Å². The van der Waals surface area contributed by atoms with Crippen molar-refractivity contribution in [3.05, 3.63) is 57.2 Å². The summed E-state index contributed by atoms with van der Waals surface area (Å²) in [6.45, 7) is 1.79. The molecule has 19 heavy (non-hydrogen) atoms. The maximum absolute atomic E-state index is 11.8. The second kappa shape index (κ2) is 4.59. The molecule has 5 heteroatoms. The molecule has 2 heterocycles. The predicted octanol–water partition coefficient (Wildman–Crippen LogP) is 3.06. The van der Waals surface area contributed by atoms with Crippen LogP contribution in [0.4, 0.5) is 0 Å². The minimum absolute atomic E-state index is 0.185. The number of aryl methyl sites for hydroxylation is 1. The molecule has 0 fully saturated rings. The highest BCUT2D eigenvalue weighted by atomic mass is 79.9. The van der Waals surface area contributed by atoms with Gasteiger partial charge in [0.15, 0.2) is 0 Å². The number of halogens is 1. The summed E-state index contributed by atoms with van der Waals surface area (Å²) in [5.74, 6) is 0.537. The van der Waals surface area contributed by atoms with Crippen molar-refractivity contribution in [2.75, 3.05) is 0 Å². The van der Waals surface area contributed by atoms with Crippen molar-refractivity contribution in [2.45, 2.75) is 6.92 Å². The Bertz CT molecular complexity index is 821. The van der Waals surface area contributed by atoms with Crippen LogP contribution in [0.1, 0.15) is 5.69 Å². The van der Waals surface area contributed by atoms with Crippen LogP contribution in [0.2, 0.25) is 0 Å². The van der Waals surface area contributed by atoms with E-state index >= 15 is 0 Å². The molecule has 0 saturated carbocycles. The standard InChI is InChI=1S/C14H10BrN3O/c1-8-12(15)14(19)18-13(17-8)11-7-16-6-9-4-2-3-5-10(9)11/h2-7H,1H3,(H,17,18,19). The second-order valence-electron chi connectivity index (χ2n) is 4.22. The van der Waals surface area contributed by atoms with Crippen molar-refractivity contribution in [2.24, 2.45) is 0 Å². The lowest BCUT2D eigenvalue weighted by Gasteiger charge is -2.06. The zero-order valence-corrected chi connectivity index (χ0v) is 11.7. The average molecular weight is 316 g/mol. The molecule has 0 amide bonds. The number of nitrogens with one attached hydrogen (secondary N) is 1. The number of hydrogen-bond acceptors (Lipinski definition) is 3. The zero-order valence-electron chi connectivity index (χ0n) is 10.1. The van der Waals surface area contributed by atoms with E-state index in [1.54, 1.807) is 19.3 Å². The number of benzene rings is 1. The summed E-state index contributed by atoms with van der Waals surface area (Å²) in [6.07, 6.45) is 3.51. The first-order chi connectivity index (χ1) is 9.16. The molecule has 1 aromatic carbocycles. The molecule has 0 aliphatic rings. The van der Waals surface area contributed by atoms with Crippen LogP contribution >= 0.6 is 15.9 Å². The van der Waals surface area contributed by atoms with Crippen LogP contribution in [0, 0.1) is 6.92 Å². The smallest absolute Gasteiger partial charge is 0.265 e. The molecule has 3 rings (SSSR count). The van der Waals surface area contributed by atoms with Crippen LogP contribution in [-0.2, 0) is 0 Å². The van der Waals surface area contributed by atoms with Gasteiger partial charge < -0.3 is 4.98 Å². The number of H-pyrrole nitrogens is 1. The average Bonchev–Trinajstić information content (AvgIpc) is 2.43. The van der Waals surface area contributed by atoms with Gasteiger partial charge in [-0.05, 0) is 28.2 Å². The van der Waals surface area contributed by atoms with Gasteiger partial charge in [0.25, 0.3) is 5.56 Å². The highest BCUT2D eigenvalue weighted by Crippen LogP contribution is 2.24. The van der Waals surface area contributed by atoms with Crippen molar-refractivity contribution in [3.63, 3.8) is 0 Å². The van der Waals surface area contributed by atoms with E-state index in [9.17, 15) is 4.79 Å². The molecule has 3 aromatic rings. The number of aromatic nitrogens is 3. The molecule has 0 aliphatic heterocycles. The number of fused-ring (bicyclic) bond motifs is 1. The predicted molar refractivity (Wildman–Crippen MR) is 78.0 cm³/mol. The number of rotatable bonds is 1. The van der Waals surface area contributed by atoms with Crippen molar-refractivity contribution < 1.29 is 0 Å². The van der Waals surface area contributed by atoms with Crippen molar-refractivity contribution >= 4 is 26.7 Å². The van der Waals surface area contributed by atoms with Crippen molar-refractivity contribution in [1.82, 2.24) is 15.0 Å². The van der Waals surface area contributed by atoms with Gasteiger partial charge in [-0.1, -0.05) is 24.3 Å². The summed E-state index contributed by atoms with van der Waals surface area (Å²) in [7, 11) is 0. The van der Waals surface area contributed by atoms with E-state index in [1.165, 1.54) is 0 Å². The van der Waals surface area contributed by atoms with Crippen LogP contribution in [0.15, 0.2) is 45.9 Å². The maximum atomic E-state index is 11.8. The van der Waals surface area contributed by atoms with E-state index in [0.29, 0.717) is 16.0 Å². The zero-order chi connectivity index (χ0) is 13.4. The molecule has 0 bridgehead atoms. The molecule has 0 atom stereocenters. The summed E-state index contributed by atoms with van der Waals surface area (Å²) in [5.41, 5.74) is 1.30. The fourth-order valence-electron chi connectivity index (χ4n) is 2.00. The molecule has 0 unspecified atom stereocenters. The van der Waals surface area contributed by atoms with Gasteiger partial charge in [-0.25, -0.2) is 4.98 Å². The normalized spacial score (nSPS) is 10.8. The molecular formula is C14H10BrN3O. The molecule has 0 aliphatic carbocycles. The first kappa shape index (κ1) is 12.0. The Morgan fingerprint density at radius 2 is 2.00 bits per heavy atom. The van der Waals surface area contributed by atoms with E-state index in [2.05, 4.69) is 30.9 Å². The summed E-state index contributed by atoms with van der Waals surface area (Å²) in [4.78, 5) is 23.2. The van der Waals surface area contributed by atoms with Gasteiger partial charge in [-0.2, -0.15) is 0 Å². The largest absolute Gasteiger partial charge is 0.305 e. The van der Waals surface area contributed by atoms with Gasteiger partial charge in [0.05, 0.1) is 5.69 Å². The van der Waals surface area contributed by atoms with Gasteiger partial charge in [0.1, 0.15) is 10.3 Å². The van der Waals surface area contributed by atoms with E-state index < -0.39 is 0 Å². The molecule has 94 valence electrons. The van der Waals surface area contributed by atoms with E-state index in [-0.39, 0.29) is 5.56 Å². The van der Waals surface area contributed by atoms with Crippen LogP contribution < -0.4 is 5.56 Å². The Balaban J connectivity index is 2.34. The highest BCUT2D eigenvalue weighted by Gasteiger charge is 2.10. The topological polar surface area (TPSA) is 58.6 Å². The third-order valence-corrected chi connectivity index (χ3v) is 3.89. The van der Waals surface area contributed by atoms with E-state index in [1.807, 2.05) is 24.3 Å². The third kappa shape index (κ3) is 2.06. The first-order valence-electron chi connectivity index (χ1n) is 5.76. The monoisotopic (exact) mass is 315 g/mol. The third-order valence-electron chi connectivity index (χ3n) is 2.95. The lowest BCUT2D eigenvalue weighted by molar-refractivity contribution is 1.05. The summed E-state index contributed by atoms with van der Waals surface area (Å²) in [6, 6.07) is 7.88. The Hall–Kier alpha value is -2.01. The molecule has 0 spiro atoms. The fourth-order valence-corrected chi connectivity index (χ4v) is 2.19. The number of pyridine rings is 1. The van der Waals surface area contributed by atoms with E-state index in [4.69, 9.17) is 0 Å². The van der Waals surface area contributed by atoms with Gasteiger partial charge in [0.2, 0.25) is 0 Å². The van der Waals surface area contributed by atoms with Gasteiger partial charge in [-0.3, -0.25) is 9.78 Å². The Morgan fingerprint density at radius 3 is 2.79 bits per heavy atom. The second-order valence-corrected chi connectivity index (χ2v) is 5.02. The molecule has 1 N–H and O–H groups in total. The van der Waals surface area contributed by atoms with E-state index in [0.717, 1.165) is 16.3 Å². The van der Waals surface area contributed by atoms with Crippen LogP contribution in [0.5, 0.6) is 0 Å². The Labute approximate surface area is 117 Å². The first-order valence-corrected chi connectivity index (χ1v) is 6.55. The number of aromatic amines is 1. The van der Waals surface area contributed by atoms with Gasteiger partial charge in [0, 0.05) is 23.3 Å². The minimum atomic E-state index is -0.185. The summed E-state index contributed by atoms with van der Waals surface area (Å²) >= 11 is 3.21. The molecule has 4 nitrogen and oxygen atoms in total. The van der Waals surface area contributed by atoms with Crippen molar-refractivity contribution in [1.29, 1.82) is 0 Å². The lowest BCUT2D eigenvalue weighted by Crippen LogP contribution is -2.12. The molecule has 2 aromatic heterocycles. The van der Waals surface area contributed by atoms with Crippen molar-refractivity contribution in [3.8, 4) is 11.4 Å². The molecule has 0 radical (unpaired) electrons. The number of hydrogen-bond donors (Lipinski definition) is 1. The summed E-state index contributed by atoms with van der Waals surface area (Å²) < 4.78 is 0.462. The quantitative estimate of drug-likeness (QED) is 0.750. The van der Waals surface area contributed by atoms with Gasteiger partial charge in [-0.15, -0.1) is 0 Å². The molecule has 0 saturated heterocycles. The Morgan fingerprint density at radius 1 is 1.21 bits per heavy atom. The SMILES string of the molecule is Cc1nc(-c2cncc3ccccc23)[nH]c(=O)c1Br. The maximum Gasteiger partial charge on any atom is 0.265 e. The fraction of sp³-hybridized carbons (Fsp3) is 0.0714. The van der Waals surface area contributed by atoms with Crippen LogP contribution in [0.3, 0.4) is 0 Å². The highest BCUT2D eigenvalue weighted by molar-refractivity contribution is 9.10. The Kier molecular flexibility index (Phi) is 2.91. The molecular weight excluding hydrogens is 306 g/mol. The van der Waals surface area contributed by atoms with Gasteiger partial charge >= 0.3 is 0 Å². The number of nitrogens with zero attached hydrogens (tertiary/aromatic N) is 2.